The number of methoxy groups -OCH3 is 2. The van der Waals surface area contributed by atoms with Crippen LogP contribution in [0, 0.1) is 5.82 Å². The lowest BCUT2D eigenvalue weighted by atomic mass is 10.1. The molecule has 1 aromatic carbocycles. The highest BCUT2D eigenvalue weighted by atomic mass is 19.1. The predicted octanol–water partition coefficient (Wildman–Crippen LogP) is 2.10. The Kier molecular flexibility index (Phi) is 5.25. The molecule has 0 atom stereocenters. The topological polar surface area (TPSA) is 103 Å². The first-order valence-corrected chi connectivity index (χ1v) is 8.51. The fourth-order valence-corrected chi connectivity index (χ4v) is 2.94. The van der Waals surface area contributed by atoms with Crippen LogP contribution in [0.5, 0.6) is 5.75 Å². The molecule has 2 heterocycles. The van der Waals surface area contributed by atoms with Crippen LogP contribution < -0.4 is 16.0 Å². The molecule has 9 heteroatoms. The van der Waals surface area contributed by atoms with Crippen LogP contribution in [0.15, 0.2) is 33.9 Å². The molecule has 3 aromatic rings. The number of carbonyl (C=O) groups excluding carboxylic acids is 1. The van der Waals surface area contributed by atoms with Gasteiger partial charge in [0.25, 0.3) is 5.56 Å². The second-order valence-electron chi connectivity index (χ2n) is 6.00. The van der Waals surface area contributed by atoms with Crippen molar-refractivity contribution in [3.63, 3.8) is 0 Å². The molecule has 146 valence electrons. The van der Waals surface area contributed by atoms with Crippen molar-refractivity contribution in [2.24, 2.45) is 0 Å². The lowest BCUT2D eigenvalue weighted by Gasteiger charge is -2.13. The SMILES string of the molecule is CCCn1c(=O)[nH]c(=O)c2c(C(=O)OC)cc(-c3ccc(OC)cc3F)nc21. The predicted molar refractivity (Wildman–Crippen MR) is 100 cm³/mol. The van der Waals surface area contributed by atoms with Crippen molar-refractivity contribution in [2.75, 3.05) is 14.2 Å². The van der Waals surface area contributed by atoms with Crippen LogP contribution in [0.2, 0.25) is 0 Å². The minimum Gasteiger partial charge on any atom is -0.497 e. The van der Waals surface area contributed by atoms with Gasteiger partial charge in [-0.15, -0.1) is 0 Å². The van der Waals surface area contributed by atoms with Crippen molar-refractivity contribution in [2.45, 2.75) is 19.9 Å². The van der Waals surface area contributed by atoms with Crippen molar-refractivity contribution in [3.8, 4) is 17.0 Å². The van der Waals surface area contributed by atoms with E-state index in [2.05, 4.69) is 9.97 Å². The summed E-state index contributed by atoms with van der Waals surface area (Å²) in [6, 6.07) is 5.43. The van der Waals surface area contributed by atoms with E-state index in [1.807, 2.05) is 6.92 Å². The van der Waals surface area contributed by atoms with Crippen molar-refractivity contribution in [1.82, 2.24) is 14.5 Å². The van der Waals surface area contributed by atoms with Gasteiger partial charge < -0.3 is 9.47 Å². The van der Waals surface area contributed by atoms with E-state index in [1.54, 1.807) is 6.07 Å². The first-order valence-electron chi connectivity index (χ1n) is 8.51. The summed E-state index contributed by atoms with van der Waals surface area (Å²) in [5, 5.41) is -0.0856. The number of aromatic amines is 1. The number of ether oxygens (including phenoxy) is 2. The first-order chi connectivity index (χ1) is 13.4. The van der Waals surface area contributed by atoms with Gasteiger partial charge in [-0.1, -0.05) is 6.92 Å². The molecular weight excluding hydrogens is 369 g/mol. The van der Waals surface area contributed by atoms with E-state index in [-0.39, 0.29) is 34.4 Å². The summed E-state index contributed by atoms with van der Waals surface area (Å²) < 4.78 is 25.6. The van der Waals surface area contributed by atoms with Crippen molar-refractivity contribution in [3.05, 3.63) is 56.5 Å². The van der Waals surface area contributed by atoms with E-state index in [0.29, 0.717) is 12.2 Å². The van der Waals surface area contributed by atoms with Crippen LogP contribution in [0.4, 0.5) is 4.39 Å². The second-order valence-corrected chi connectivity index (χ2v) is 6.00. The quantitative estimate of drug-likeness (QED) is 0.673. The number of pyridine rings is 1. The average Bonchev–Trinajstić information content (AvgIpc) is 2.69. The zero-order valence-electron chi connectivity index (χ0n) is 15.5. The molecule has 0 saturated heterocycles. The number of benzene rings is 1. The minimum atomic E-state index is -0.797. The van der Waals surface area contributed by atoms with Crippen molar-refractivity contribution >= 4 is 17.0 Å². The molecule has 0 aliphatic rings. The van der Waals surface area contributed by atoms with Gasteiger partial charge in [0.05, 0.1) is 30.9 Å². The standard InChI is InChI=1S/C19H18FN3O5/c1-4-7-23-16-15(17(24)22-19(23)26)12(18(25)28-3)9-14(21-16)11-6-5-10(27-2)8-13(11)20/h5-6,8-9H,4,7H2,1-3H3,(H,22,24,26). The molecule has 0 amide bonds. The monoisotopic (exact) mass is 387 g/mol. The number of halogens is 1. The molecule has 3 rings (SSSR count). The van der Waals surface area contributed by atoms with Gasteiger partial charge in [-0.3, -0.25) is 14.3 Å². The Balaban J connectivity index is 2.43. The van der Waals surface area contributed by atoms with Crippen LogP contribution in [0.25, 0.3) is 22.3 Å². The van der Waals surface area contributed by atoms with Gasteiger partial charge in [-0.25, -0.2) is 19.0 Å². The fraction of sp³-hybridized carbons (Fsp3) is 0.263. The third-order valence-corrected chi connectivity index (χ3v) is 4.25. The van der Waals surface area contributed by atoms with E-state index in [9.17, 15) is 18.8 Å². The van der Waals surface area contributed by atoms with Crippen LogP contribution in [-0.4, -0.2) is 34.7 Å². The molecule has 1 N–H and O–H groups in total. The van der Waals surface area contributed by atoms with Crippen LogP contribution >= 0.6 is 0 Å². The van der Waals surface area contributed by atoms with Crippen LogP contribution in [0.3, 0.4) is 0 Å². The van der Waals surface area contributed by atoms with Gasteiger partial charge in [-0.2, -0.15) is 0 Å². The second kappa shape index (κ2) is 7.63. The Morgan fingerprint density at radius 3 is 2.61 bits per heavy atom. The van der Waals surface area contributed by atoms with Crippen LogP contribution in [0.1, 0.15) is 23.7 Å². The number of aryl methyl sites for hydroxylation is 1. The number of aromatic nitrogens is 3. The number of hydrogen-bond donors (Lipinski definition) is 1. The van der Waals surface area contributed by atoms with E-state index < -0.39 is 23.0 Å². The Morgan fingerprint density at radius 2 is 2.00 bits per heavy atom. The van der Waals surface area contributed by atoms with Crippen molar-refractivity contribution in [1.29, 1.82) is 0 Å². The number of nitrogens with one attached hydrogen (secondary N) is 1. The Labute approximate surface area is 158 Å². The summed E-state index contributed by atoms with van der Waals surface area (Å²) in [6.07, 6.45) is 0.581. The number of hydrogen-bond acceptors (Lipinski definition) is 6. The zero-order chi connectivity index (χ0) is 20.4. The number of carbonyl (C=O) groups is 1. The summed E-state index contributed by atoms with van der Waals surface area (Å²) in [5.41, 5.74) is -1.36. The number of esters is 1. The Morgan fingerprint density at radius 1 is 1.25 bits per heavy atom. The van der Waals surface area contributed by atoms with Gasteiger partial charge in [0, 0.05) is 18.2 Å². The minimum absolute atomic E-state index is 0.0104. The number of fused-ring (bicyclic) bond motifs is 1. The summed E-state index contributed by atoms with van der Waals surface area (Å²) in [4.78, 5) is 43.5. The highest BCUT2D eigenvalue weighted by Gasteiger charge is 2.21. The summed E-state index contributed by atoms with van der Waals surface area (Å²) in [7, 11) is 2.58. The van der Waals surface area contributed by atoms with Gasteiger partial charge in [0.1, 0.15) is 11.6 Å². The van der Waals surface area contributed by atoms with E-state index in [4.69, 9.17) is 9.47 Å². The van der Waals surface area contributed by atoms with E-state index in [0.717, 1.165) is 0 Å². The maximum Gasteiger partial charge on any atom is 0.338 e. The summed E-state index contributed by atoms with van der Waals surface area (Å²) >= 11 is 0. The molecule has 0 spiro atoms. The van der Waals surface area contributed by atoms with Gasteiger partial charge >= 0.3 is 11.7 Å². The molecule has 0 fully saturated rings. The number of H-pyrrole nitrogens is 1. The lowest BCUT2D eigenvalue weighted by molar-refractivity contribution is 0.0603. The maximum absolute atomic E-state index is 14.6. The van der Waals surface area contributed by atoms with Crippen LogP contribution in [-0.2, 0) is 11.3 Å². The molecule has 8 nitrogen and oxygen atoms in total. The summed E-state index contributed by atoms with van der Waals surface area (Å²) in [6.45, 7) is 2.10. The average molecular weight is 387 g/mol. The molecule has 2 aromatic heterocycles. The van der Waals surface area contributed by atoms with Crippen molar-refractivity contribution < 1.29 is 18.7 Å². The highest BCUT2D eigenvalue weighted by Crippen LogP contribution is 2.28. The largest absolute Gasteiger partial charge is 0.497 e. The molecule has 0 aliphatic heterocycles. The maximum atomic E-state index is 14.6. The Bertz CT molecular complexity index is 1180. The first kappa shape index (κ1) is 19.3. The molecule has 0 saturated carbocycles. The van der Waals surface area contributed by atoms with Gasteiger partial charge in [0.2, 0.25) is 0 Å². The highest BCUT2D eigenvalue weighted by molar-refractivity contribution is 6.03. The molecule has 0 radical (unpaired) electrons. The normalized spacial score (nSPS) is 10.9. The summed E-state index contributed by atoms with van der Waals surface area (Å²) in [5.74, 6) is -1.11. The molecule has 28 heavy (non-hydrogen) atoms. The van der Waals surface area contributed by atoms with E-state index >= 15 is 0 Å². The van der Waals surface area contributed by atoms with Gasteiger partial charge in [0.15, 0.2) is 5.65 Å². The smallest absolute Gasteiger partial charge is 0.338 e. The molecule has 0 bridgehead atoms. The van der Waals surface area contributed by atoms with E-state index in [1.165, 1.54) is 37.0 Å². The molecule has 0 aliphatic carbocycles. The molecule has 0 unspecified atom stereocenters. The Hall–Kier alpha value is -3.49. The number of rotatable bonds is 5. The zero-order valence-corrected chi connectivity index (χ0v) is 15.5. The third-order valence-electron chi connectivity index (χ3n) is 4.25. The third kappa shape index (κ3) is 3.26. The number of nitrogens with zero attached hydrogens (tertiary/aromatic N) is 2. The van der Waals surface area contributed by atoms with Gasteiger partial charge in [-0.05, 0) is 24.6 Å². The molecular formula is C19H18FN3O5. The lowest BCUT2D eigenvalue weighted by Crippen LogP contribution is -2.32. The fourth-order valence-electron chi connectivity index (χ4n) is 2.94.